The molecule has 0 amide bonds. The van der Waals surface area contributed by atoms with Gasteiger partial charge in [-0.2, -0.15) is 0 Å². The number of ether oxygens (including phenoxy) is 1. The van der Waals surface area contributed by atoms with E-state index in [2.05, 4.69) is 61.2 Å². The number of aryl methyl sites for hydroxylation is 1. The predicted octanol–water partition coefficient (Wildman–Crippen LogP) is 5.40. The lowest BCUT2D eigenvalue weighted by Gasteiger charge is -2.39. The molecule has 1 N–H and O–H groups in total. The van der Waals surface area contributed by atoms with Gasteiger partial charge in [0, 0.05) is 42.5 Å². The number of fused-ring (bicyclic) bond motifs is 1. The van der Waals surface area contributed by atoms with Crippen LogP contribution in [0.15, 0.2) is 54.3 Å². The number of benzene rings is 1. The second-order valence-electron chi connectivity index (χ2n) is 7.33. The fourth-order valence-corrected chi connectivity index (χ4v) is 4.10. The molecule has 0 fully saturated rings. The van der Waals surface area contributed by atoms with Crippen LogP contribution in [0.1, 0.15) is 43.7 Å². The van der Waals surface area contributed by atoms with Crippen LogP contribution in [0.2, 0.25) is 0 Å². The van der Waals surface area contributed by atoms with Crippen molar-refractivity contribution in [3.05, 3.63) is 65.4 Å². The maximum absolute atomic E-state index is 7.56. The van der Waals surface area contributed by atoms with Crippen LogP contribution in [0, 0.1) is 5.41 Å². The average Bonchev–Trinajstić information content (AvgIpc) is 2.95. The summed E-state index contributed by atoms with van der Waals surface area (Å²) < 4.78 is 8.52. The molecular weight excluding hydrogens is 320 g/mol. The number of rotatable bonds is 6. The van der Waals surface area contributed by atoms with Crippen LogP contribution in [-0.2, 0) is 11.8 Å². The summed E-state index contributed by atoms with van der Waals surface area (Å²) in [7, 11) is 2.10. The lowest BCUT2D eigenvalue weighted by molar-refractivity contribution is -0.0203. The van der Waals surface area contributed by atoms with Crippen molar-refractivity contribution in [1.82, 2.24) is 4.57 Å². The van der Waals surface area contributed by atoms with Crippen molar-refractivity contribution in [2.45, 2.75) is 38.2 Å². The van der Waals surface area contributed by atoms with E-state index in [1.165, 1.54) is 33.8 Å². The molecule has 2 aromatic rings. The first-order chi connectivity index (χ1) is 12.7. The maximum atomic E-state index is 7.56. The molecule has 1 heterocycles. The van der Waals surface area contributed by atoms with Gasteiger partial charge in [0.2, 0.25) is 0 Å². The molecule has 0 saturated heterocycles. The Morgan fingerprint density at radius 2 is 2.19 bits per heavy atom. The summed E-state index contributed by atoms with van der Waals surface area (Å²) in [6, 6.07) is 6.25. The number of hydrogen-bond acceptors (Lipinski definition) is 2. The van der Waals surface area contributed by atoms with Crippen molar-refractivity contribution < 1.29 is 4.74 Å². The highest BCUT2D eigenvalue weighted by molar-refractivity contribution is 5.96. The molecule has 0 spiro atoms. The first-order valence-corrected chi connectivity index (χ1v) is 9.48. The van der Waals surface area contributed by atoms with E-state index >= 15 is 0 Å². The summed E-state index contributed by atoms with van der Waals surface area (Å²) in [5, 5.41) is 8.80. The zero-order valence-electron chi connectivity index (χ0n) is 15.6. The Morgan fingerprint density at radius 1 is 1.35 bits per heavy atom. The largest absolute Gasteiger partial charge is 0.370 e. The van der Waals surface area contributed by atoms with Crippen molar-refractivity contribution in [2.24, 2.45) is 7.05 Å². The molecule has 4 rings (SSSR count). The van der Waals surface area contributed by atoms with Gasteiger partial charge in [-0.05, 0) is 54.5 Å². The summed E-state index contributed by atoms with van der Waals surface area (Å²) in [5.74, 6) is 0. The van der Waals surface area contributed by atoms with Gasteiger partial charge in [0.25, 0.3) is 0 Å². The first-order valence-electron chi connectivity index (χ1n) is 9.48. The monoisotopic (exact) mass is 346 g/mol. The summed E-state index contributed by atoms with van der Waals surface area (Å²) in [6.45, 7) is 2.98. The lowest BCUT2D eigenvalue weighted by Crippen LogP contribution is -2.37. The van der Waals surface area contributed by atoms with Crippen LogP contribution < -0.4 is 0 Å². The van der Waals surface area contributed by atoms with E-state index in [9.17, 15) is 0 Å². The second-order valence-corrected chi connectivity index (χ2v) is 7.33. The Hall–Kier alpha value is -2.39. The quantitative estimate of drug-likeness (QED) is 0.698. The van der Waals surface area contributed by atoms with E-state index in [0.717, 1.165) is 37.9 Å². The Balaban J connectivity index is 1.68. The summed E-state index contributed by atoms with van der Waals surface area (Å²) in [6.07, 6.45) is 16.5. The van der Waals surface area contributed by atoms with E-state index in [-0.39, 0.29) is 5.60 Å². The summed E-state index contributed by atoms with van der Waals surface area (Å²) in [5.41, 5.74) is 6.07. The van der Waals surface area contributed by atoms with Gasteiger partial charge in [-0.1, -0.05) is 37.3 Å². The van der Waals surface area contributed by atoms with Gasteiger partial charge in [0.05, 0.1) is 5.60 Å². The molecule has 3 heteroatoms. The molecule has 2 aliphatic rings. The third kappa shape index (κ3) is 2.77. The van der Waals surface area contributed by atoms with Crippen molar-refractivity contribution in [2.75, 3.05) is 6.61 Å². The van der Waals surface area contributed by atoms with Crippen molar-refractivity contribution >= 4 is 22.7 Å². The molecule has 26 heavy (non-hydrogen) atoms. The van der Waals surface area contributed by atoms with E-state index in [1.807, 2.05) is 6.07 Å². The van der Waals surface area contributed by atoms with E-state index in [4.69, 9.17) is 10.1 Å². The molecule has 1 atom stereocenters. The highest BCUT2D eigenvalue weighted by Crippen LogP contribution is 2.43. The highest BCUT2D eigenvalue weighted by Gasteiger charge is 2.37. The average molecular weight is 346 g/mol. The third-order valence-electron chi connectivity index (χ3n) is 5.66. The van der Waals surface area contributed by atoms with Gasteiger partial charge in [0.1, 0.15) is 0 Å². The Morgan fingerprint density at radius 3 is 2.81 bits per heavy atom. The second kappa shape index (κ2) is 6.73. The fraction of sp³-hybridized carbons (Fsp3) is 0.348. The third-order valence-corrected chi connectivity index (χ3v) is 5.66. The van der Waals surface area contributed by atoms with Crippen molar-refractivity contribution in [1.29, 1.82) is 5.41 Å². The summed E-state index contributed by atoms with van der Waals surface area (Å²) >= 11 is 0. The number of allylic oxidation sites excluding steroid dienone is 3. The number of aromatic nitrogens is 1. The molecule has 134 valence electrons. The van der Waals surface area contributed by atoms with Gasteiger partial charge in [0.15, 0.2) is 0 Å². The normalized spacial score (nSPS) is 22.1. The molecule has 0 saturated carbocycles. The Kier molecular flexibility index (Phi) is 4.41. The number of hydrogen-bond donors (Lipinski definition) is 1. The predicted molar refractivity (Wildman–Crippen MR) is 109 cm³/mol. The van der Waals surface area contributed by atoms with E-state index < -0.39 is 0 Å². The van der Waals surface area contributed by atoms with Crippen LogP contribution in [-0.4, -0.2) is 23.0 Å². The van der Waals surface area contributed by atoms with Crippen LogP contribution in [0.5, 0.6) is 0 Å². The fourth-order valence-electron chi connectivity index (χ4n) is 4.10. The van der Waals surface area contributed by atoms with Gasteiger partial charge in [-0.3, -0.25) is 0 Å². The zero-order chi connectivity index (χ0) is 18.1. The SMILES string of the molecule is CCCOC1(C2=CC=C2)CC=C(c2cn(C)c3ccc(C=N)cc23)CC1. The van der Waals surface area contributed by atoms with E-state index in [1.54, 1.807) is 0 Å². The molecule has 2 aliphatic carbocycles. The first kappa shape index (κ1) is 17.0. The van der Waals surface area contributed by atoms with Crippen LogP contribution >= 0.6 is 0 Å². The molecular formula is C23H26N2O. The molecule has 1 aromatic heterocycles. The molecule has 0 aliphatic heterocycles. The number of nitrogens with one attached hydrogen (secondary N) is 1. The molecule has 1 unspecified atom stereocenters. The van der Waals surface area contributed by atoms with Crippen LogP contribution in [0.25, 0.3) is 16.5 Å². The Labute approximate surface area is 155 Å². The molecule has 0 bridgehead atoms. The van der Waals surface area contributed by atoms with Crippen LogP contribution in [0.3, 0.4) is 0 Å². The molecule has 0 radical (unpaired) electrons. The lowest BCUT2D eigenvalue weighted by atomic mass is 9.76. The standard InChI is InChI=1S/C23H26N2O/c1-3-13-26-23(19-5-4-6-19)11-9-18(10-12-23)21-16-25(2)22-8-7-17(15-24)14-20(21)22/h4-9,14-16,24H,3,10-13H2,1-2H3. The van der Waals surface area contributed by atoms with Gasteiger partial charge in [-0.15, -0.1) is 0 Å². The zero-order valence-corrected chi connectivity index (χ0v) is 15.6. The van der Waals surface area contributed by atoms with E-state index in [0.29, 0.717) is 0 Å². The van der Waals surface area contributed by atoms with Crippen molar-refractivity contribution in [3.63, 3.8) is 0 Å². The molecule has 1 aromatic carbocycles. The smallest absolute Gasteiger partial charge is 0.0968 e. The van der Waals surface area contributed by atoms with Gasteiger partial charge >= 0.3 is 0 Å². The number of nitrogens with zero attached hydrogens (tertiary/aromatic N) is 1. The minimum Gasteiger partial charge on any atom is -0.370 e. The minimum absolute atomic E-state index is 0.140. The highest BCUT2D eigenvalue weighted by atomic mass is 16.5. The van der Waals surface area contributed by atoms with Gasteiger partial charge in [-0.25, -0.2) is 0 Å². The van der Waals surface area contributed by atoms with Gasteiger partial charge < -0.3 is 14.7 Å². The molecule has 3 nitrogen and oxygen atoms in total. The minimum atomic E-state index is -0.140. The van der Waals surface area contributed by atoms with Crippen molar-refractivity contribution in [3.8, 4) is 0 Å². The van der Waals surface area contributed by atoms with Crippen LogP contribution in [0.4, 0.5) is 0 Å². The Bertz CT molecular complexity index is 945. The maximum Gasteiger partial charge on any atom is 0.0968 e. The summed E-state index contributed by atoms with van der Waals surface area (Å²) in [4.78, 5) is 0. The topological polar surface area (TPSA) is 38.0 Å².